The Bertz CT molecular complexity index is 3620. The Labute approximate surface area is 641 Å². The van der Waals surface area contributed by atoms with Crippen molar-refractivity contribution < 1.29 is 77.0 Å². The number of benzene rings is 1. The third kappa shape index (κ3) is 24.1. The minimum absolute atomic E-state index is 0.0676. The molecule has 4 rings (SSSR count). The van der Waals surface area contributed by atoms with Gasteiger partial charge < -0.3 is 87.3 Å². The van der Waals surface area contributed by atoms with Crippen LogP contribution in [0.15, 0.2) is 18.2 Å². The van der Waals surface area contributed by atoms with Crippen LogP contribution in [0.4, 0.5) is 0 Å². The van der Waals surface area contributed by atoms with Crippen LogP contribution < -0.4 is 38.1 Å². The number of nitrogens with zero attached hydrogens (tertiary/aromatic N) is 9. The van der Waals surface area contributed by atoms with Gasteiger partial charge in [0.1, 0.15) is 78.3 Å². The van der Waals surface area contributed by atoms with E-state index in [9.17, 15) is 57.8 Å². The zero-order valence-electron chi connectivity index (χ0n) is 68.3. The normalized spacial score (nSPS) is 25.1. The van der Waals surface area contributed by atoms with E-state index in [1.165, 1.54) is 105 Å². The lowest BCUT2D eigenvalue weighted by molar-refractivity contribution is -0.157. The molecule has 109 heavy (non-hydrogen) atoms. The van der Waals surface area contributed by atoms with Gasteiger partial charge in [-0.25, -0.2) is 4.98 Å². The van der Waals surface area contributed by atoms with Crippen LogP contribution in [0.3, 0.4) is 0 Å². The molecule has 2 aliphatic rings. The van der Waals surface area contributed by atoms with E-state index in [2.05, 4.69) is 31.6 Å². The Morgan fingerprint density at radius 2 is 1.06 bits per heavy atom. The minimum atomic E-state index is -1.84. The van der Waals surface area contributed by atoms with Gasteiger partial charge in [-0.15, -0.1) is 0 Å². The van der Waals surface area contributed by atoms with Crippen molar-refractivity contribution in [1.82, 2.24) is 75.8 Å². The zero-order valence-corrected chi connectivity index (χ0v) is 68.3. The van der Waals surface area contributed by atoms with E-state index in [1.807, 2.05) is 55.4 Å². The molecule has 2 unspecified atom stereocenters. The van der Waals surface area contributed by atoms with E-state index in [4.69, 9.17) is 16.5 Å². The molecule has 0 saturated carbocycles. The lowest BCUT2D eigenvalue weighted by Gasteiger charge is -2.41. The summed E-state index contributed by atoms with van der Waals surface area (Å²) in [7, 11) is 9.62. The summed E-state index contributed by atoms with van der Waals surface area (Å²) >= 11 is 0. The Hall–Kier alpha value is -9.30. The summed E-state index contributed by atoms with van der Waals surface area (Å²) in [6.45, 7) is 27.0. The first kappa shape index (κ1) is 92.1. The molecule has 0 aliphatic carbocycles. The van der Waals surface area contributed by atoms with Crippen molar-refractivity contribution in [2.75, 3.05) is 62.4 Å². The average Bonchev–Trinajstić information content (AvgIpc) is 1.46. The lowest BCUT2D eigenvalue weighted by atomic mass is 9.91. The number of likely N-dealkylation sites (tertiary alicyclic amines) is 1. The van der Waals surface area contributed by atoms with Gasteiger partial charge in [0.15, 0.2) is 0 Å². The number of H-pyrrole nitrogens is 1. The predicted octanol–water partition coefficient (Wildman–Crippen LogP) is 0.872. The van der Waals surface area contributed by atoms with E-state index in [-0.39, 0.29) is 86.5 Å². The van der Waals surface area contributed by atoms with Crippen molar-refractivity contribution in [1.29, 1.82) is 0 Å². The van der Waals surface area contributed by atoms with Crippen molar-refractivity contribution in [3.63, 3.8) is 0 Å². The first-order valence-corrected chi connectivity index (χ1v) is 38.0. The Balaban J connectivity index is 1.90. The van der Waals surface area contributed by atoms with Crippen molar-refractivity contribution >= 4 is 99.6 Å². The molecule has 1 aromatic carbocycles. The zero-order chi connectivity index (χ0) is 83.0. The number of aliphatic hydroxyl groups is 1. The summed E-state index contributed by atoms with van der Waals surface area (Å²) in [5.74, 6) is -14.1. The van der Waals surface area contributed by atoms with E-state index in [0.29, 0.717) is 17.5 Å². The highest BCUT2D eigenvalue weighted by Crippen LogP contribution is 2.28. The molecule has 610 valence electrons. The first-order valence-electron chi connectivity index (χ1n) is 38.0. The van der Waals surface area contributed by atoms with Crippen molar-refractivity contribution in [2.45, 2.75) is 247 Å². The molecule has 2 fully saturated rings. The molecule has 0 radical (unpaired) electrons. The van der Waals surface area contributed by atoms with Crippen LogP contribution in [0.5, 0.6) is 0 Å². The molecular weight excluding hydrogens is 1410 g/mol. The fourth-order valence-electron chi connectivity index (χ4n) is 14.0. The Morgan fingerprint density at radius 3 is 1.58 bits per heavy atom. The number of fused-ring (bicyclic) bond motifs is 1. The molecule has 2 saturated heterocycles. The van der Waals surface area contributed by atoms with Crippen molar-refractivity contribution in [3.05, 3.63) is 29.6 Å². The number of aliphatic hydroxyl groups excluding tert-OH is 1. The quantitative estimate of drug-likeness (QED) is 0.0837. The van der Waals surface area contributed by atoms with Crippen LogP contribution in [-0.2, 0) is 73.5 Å². The number of likely N-dealkylation sites (N-methyl/N-ethyl adjacent to an activating group) is 7. The molecule has 14 atom stereocenters. The number of hydrogen-bond acceptors (Lipinski definition) is 17. The summed E-state index contributed by atoms with van der Waals surface area (Å²) in [6.07, 6.45) is -1.44. The highest BCUT2D eigenvalue weighted by molar-refractivity contribution is 6.02. The van der Waals surface area contributed by atoms with Crippen LogP contribution in [0.2, 0.25) is 0 Å². The van der Waals surface area contributed by atoms with Crippen LogP contribution in [0.1, 0.15) is 178 Å². The molecule has 1 aromatic heterocycles. The molecule has 2 aliphatic heterocycles. The number of nitrogens with two attached hydrogens (primary N) is 2. The summed E-state index contributed by atoms with van der Waals surface area (Å²) in [4.78, 5) is 232. The van der Waals surface area contributed by atoms with E-state index >= 15 is 19.2 Å². The summed E-state index contributed by atoms with van der Waals surface area (Å²) in [6, 6.07) is -11.1. The number of hydrogen-bond donors (Lipinski definition) is 9. The molecule has 15 amide bonds. The second kappa shape index (κ2) is 40.4. The highest BCUT2D eigenvalue weighted by Gasteiger charge is 2.47. The molecule has 0 spiro atoms. The molecule has 33 nitrogen and oxygen atoms in total. The number of rotatable bonds is 21. The number of carbonyl (C=O) groups excluding carboxylic acids is 15. The summed E-state index contributed by atoms with van der Waals surface area (Å²) in [5, 5.41) is 26.2. The maximum atomic E-state index is 15.7. The van der Waals surface area contributed by atoms with Crippen molar-refractivity contribution in [2.24, 2.45) is 52.9 Å². The van der Waals surface area contributed by atoms with Gasteiger partial charge in [0, 0.05) is 67.9 Å². The molecule has 11 N–H and O–H groups in total. The first-order chi connectivity index (χ1) is 50.6. The molecule has 2 aromatic rings. The largest absolute Gasteiger partial charge is 0.390 e. The number of aromatic nitrogens is 2. The number of aromatic amines is 1. The van der Waals surface area contributed by atoms with Gasteiger partial charge in [-0.1, -0.05) is 96.9 Å². The molecule has 33 heteroatoms. The fraction of sp³-hybridized carbons (Fsp3) is 0.711. The van der Waals surface area contributed by atoms with E-state index in [1.54, 1.807) is 47.6 Å². The second-order valence-corrected chi connectivity index (χ2v) is 32.2. The topological polar surface area (TPSA) is 443 Å². The van der Waals surface area contributed by atoms with Gasteiger partial charge in [-0.05, 0) is 118 Å². The third-order valence-electron chi connectivity index (χ3n) is 20.5. The van der Waals surface area contributed by atoms with Crippen LogP contribution >= 0.6 is 0 Å². The van der Waals surface area contributed by atoms with E-state index < -0.39 is 198 Å². The number of nitrogens with one attached hydrogen (secondary N) is 6. The van der Waals surface area contributed by atoms with Gasteiger partial charge >= 0.3 is 0 Å². The number of imidazole rings is 1. The van der Waals surface area contributed by atoms with Gasteiger partial charge in [0.05, 0.1) is 30.1 Å². The molecular formula is C76H125N17O16. The van der Waals surface area contributed by atoms with Crippen LogP contribution in [0.25, 0.3) is 11.0 Å². The number of amides is 15. The lowest BCUT2D eigenvalue weighted by Crippen LogP contribution is -2.63. The molecule has 3 heterocycles. The smallest absolute Gasteiger partial charge is 0.254 e. The van der Waals surface area contributed by atoms with Gasteiger partial charge in [-0.2, -0.15) is 0 Å². The highest BCUT2D eigenvalue weighted by atomic mass is 16.3. The van der Waals surface area contributed by atoms with Crippen LogP contribution in [-0.4, -0.2) is 284 Å². The molecule has 0 bridgehead atoms. The Morgan fingerprint density at radius 1 is 0.569 bits per heavy atom. The van der Waals surface area contributed by atoms with Gasteiger partial charge in [0.2, 0.25) is 82.7 Å². The maximum Gasteiger partial charge on any atom is 0.254 e. The van der Waals surface area contributed by atoms with Gasteiger partial charge in [0.25, 0.3) is 5.91 Å². The third-order valence-corrected chi connectivity index (χ3v) is 20.5. The van der Waals surface area contributed by atoms with E-state index in [0.717, 1.165) is 9.80 Å². The monoisotopic (exact) mass is 1530 g/mol. The number of primary amides is 2. The maximum absolute atomic E-state index is 15.7. The van der Waals surface area contributed by atoms with Gasteiger partial charge in [-0.3, -0.25) is 71.9 Å². The predicted molar refractivity (Wildman–Crippen MR) is 408 cm³/mol. The fourth-order valence-corrected chi connectivity index (χ4v) is 14.0. The number of carbonyl (C=O) groups is 15. The summed E-state index contributed by atoms with van der Waals surface area (Å²) < 4.78 is 0. The van der Waals surface area contributed by atoms with Crippen molar-refractivity contribution in [3.8, 4) is 0 Å². The summed E-state index contributed by atoms with van der Waals surface area (Å²) in [5.41, 5.74) is 11.6. The standard InChI is InChI=1S/C76H125N17O16/c1-24-48-72(105)86(17)37-59(95)87(18)53(30-38(2)3)68(101)85-60(42(10)11)75(108)88(19)54(31-39(4)5)67(100)79-45(15)65(98)80-46(16)70(103)89(20)55(32-40(6)7)73(106)90(21)56(33-41(8)9)74(107)91(22)61(43(12)13)76(109)92(23)62(69(102)83-48)63(96)44(14)34-58-81-49-28-27-47(35-50(49)82-58)71(104)93-29-25-26-52(93)66(99)84-51(64(78)97)36-57(77)94/h27-28,35,38-46,48,51-56,60-63,96H,24-26,29-34,36-37H2,1-23H3,(H2,77,94)(H2,78,97)(H,79,100)(H,80,98)(H,81,82)(H,83,102)(H,84,99)(H,85,101)/t44-,45+,46-,48+,51?,52?,53+,54+,55+,56+,60+,61+,62+,63-/m1/s1. The SMILES string of the molecule is CC[C@@H]1NC(=O)[C@H]([C@H](O)[C@H](C)Cc2nc3ccc(C(=O)N4CCCC4C(=O)NC(CC(N)=O)C(N)=O)cc3[nH]2)N(C)C(=O)[C@H](C(C)C)N(C)C(=O)[C@H](CC(C)C)N(C)C(=O)[C@H](CC(C)C)N(C)C(=O)[C@@H](C)NC(=O)[C@H](C)NC(=O)[C@H](CC(C)C)N(C)C(=O)[C@H](C(C)C)NC(=O)[C@H](CC(C)C)N(C)C(=O)CN(C)C1=O. The van der Waals surface area contributed by atoms with Crippen LogP contribution in [0, 0.1) is 41.4 Å². The Kier molecular flexibility index (Phi) is 34.1. The average molecular weight is 1530 g/mol. The second-order valence-electron chi connectivity index (χ2n) is 32.2. The minimum Gasteiger partial charge on any atom is -0.390 e.